The third-order valence-electron chi connectivity index (χ3n) is 4.03. The molecule has 19 heavy (non-hydrogen) atoms. The summed E-state index contributed by atoms with van der Waals surface area (Å²) in [5, 5.41) is 3.19. The minimum absolute atomic E-state index is 0.477. The topological polar surface area (TPSA) is 27.6 Å². The Balaban J connectivity index is 2.19. The van der Waals surface area contributed by atoms with Crippen LogP contribution in [0.4, 0.5) is 11.4 Å². The normalized spacial score (nSPS) is 21.5. The number of allylic oxidation sites excluding steroid dienone is 1. The molecule has 1 atom stereocenters. The SMILES string of the molecule is C=C1NC(C)=Nc2cc3c(cc21)N(C)C(=C)C(C)C3. The van der Waals surface area contributed by atoms with Crippen molar-refractivity contribution in [3.63, 3.8) is 0 Å². The fourth-order valence-corrected chi connectivity index (χ4v) is 2.86. The van der Waals surface area contributed by atoms with E-state index in [1.165, 1.54) is 16.9 Å². The van der Waals surface area contributed by atoms with Gasteiger partial charge in [0.25, 0.3) is 0 Å². The lowest BCUT2D eigenvalue weighted by molar-refractivity contribution is 0.634. The molecular formula is C16H19N3. The highest BCUT2D eigenvalue weighted by Crippen LogP contribution is 2.40. The van der Waals surface area contributed by atoms with Gasteiger partial charge in [-0.15, -0.1) is 0 Å². The second-order valence-electron chi connectivity index (χ2n) is 5.45. The molecule has 2 aliphatic rings. The minimum atomic E-state index is 0.477. The van der Waals surface area contributed by atoms with Crippen LogP contribution in [0.5, 0.6) is 0 Å². The van der Waals surface area contributed by atoms with Gasteiger partial charge in [0, 0.05) is 29.7 Å². The molecule has 0 aromatic heterocycles. The van der Waals surface area contributed by atoms with E-state index in [9.17, 15) is 0 Å². The number of rotatable bonds is 0. The van der Waals surface area contributed by atoms with Crippen LogP contribution in [0, 0.1) is 5.92 Å². The van der Waals surface area contributed by atoms with Crippen LogP contribution in [0.1, 0.15) is 25.0 Å². The van der Waals surface area contributed by atoms with E-state index in [4.69, 9.17) is 0 Å². The number of fused-ring (bicyclic) bond motifs is 2. The van der Waals surface area contributed by atoms with Gasteiger partial charge in [0.05, 0.1) is 5.69 Å². The van der Waals surface area contributed by atoms with Crippen molar-refractivity contribution in [1.29, 1.82) is 0 Å². The molecule has 1 N–H and O–H groups in total. The highest BCUT2D eigenvalue weighted by atomic mass is 15.1. The van der Waals surface area contributed by atoms with Crippen molar-refractivity contribution < 1.29 is 0 Å². The van der Waals surface area contributed by atoms with Gasteiger partial charge >= 0.3 is 0 Å². The fourth-order valence-electron chi connectivity index (χ4n) is 2.86. The number of benzene rings is 1. The summed E-state index contributed by atoms with van der Waals surface area (Å²) in [4.78, 5) is 6.76. The summed E-state index contributed by atoms with van der Waals surface area (Å²) in [7, 11) is 2.08. The van der Waals surface area contributed by atoms with Crippen molar-refractivity contribution in [1.82, 2.24) is 5.32 Å². The van der Waals surface area contributed by atoms with E-state index in [1.54, 1.807) is 0 Å². The maximum Gasteiger partial charge on any atom is 0.103 e. The molecule has 1 aromatic carbocycles. The van der Waals surface area contributed by atoms with Crippen LogP contribution < -0.4 is 10.2 Å². The minimum Gasteiger partial charge on any atom is -0.348 e. The van der Waals surface area contributed by atoms with Gasteiger partial charge in [0.2, 0.25) is 0 Å². The van der Waals surface area contributed by atoms with Gasteiger partial charge in [-0.05, 0) is 37.0 Å². The van der Waals surface area contributed by atoms with E-state index in [0.717, 1.165) is 29.2 Å². The first-order valence-electron chi connectivity index (χ1n) is 6.58. The fraction of sp³-hybridized carbons (Fsp3) is 0.312. The number of nitrogens with one attached hydrogen (secondary N) is 1. The van der Waals surface area contributed by atoms with E-state index >= 15 is 0 Å². The van der Waals surface area contributed by atoms with E-state index in [1.807, 2.05) is 6.92 Å². The summed E-state index contributed by atoms with van der Waals surface area (Å²) in [6.45, 7) is 12.4. The Morgan fingerprint density at radius 1 is 1.37 bits per heavy atom. The zero-order valence-corrected chi connectivity index (χ0v) is 11.7. The maximum absolute atomic E-state index is 4.58. The van der Waals surface area contributed by atoms with Crippen LogP contribution in [-0.2, 0) is 6.42 Å². The Hall–Kier alpha value is -2.03. The first-order chi connectivity index (χ1) is 8.97. The van der Waals surface area contributed by atoms with E-state index in [0.29, 0.717) is 5.92 Å². The largest absolute Gasteiger partial charge is 0.348 e. The second kappa shape index (κ2) is 3.98. The maximum atomic E-state index is 4.58. The summed E-state index contributed by atoms with van der Waals surface area (Å²) in [5.74, 6) is 1.38. The molecule has 0 amide bonds. The van der Waals surface area contributed by atoms with Gasteiger partial charge < -0.3 is 10.2 Å². The van der Waals surface area contributed by atoms with Gasteiger partial charge in [0.15, 0.2) is 0 Å². The highest BCUT2D eigenvalue weighted by Gasteiger charge is 2.25. The van der Waals surface area contributed by atoms with Crippen LogP contribution in [-0.4, -0.2) is 12.9 Å². The molecule has 0 saturated heterocycles. The molecule has 2 heterocycles. The zero-order chi connectivity index (χ0) is 13.7. The predicted octanol–water partition coefficient (Wildman–Crippen LogP) is 3.45. The summed E-state index contributed by atoms with van der Waals surface area (Å²) >= 11 is 0. The first kappa shape index (κ1) is 12.0. The predicted molar refractivity (Wildman–Crippen MR) is 81.8 cm³/mol. The number of aliphatic imine (C=N–C) groups is 1. The molecule has 98 valence electrons. The average molecular weight is 253 g/mol. The number of anilines is 1. The second-order valence-corrected chi connectivity index (χ2v) is 5.45. The monoisotopic (exact) mass is 253 g/mol. The number of nitrogens with zero attached hydrogens (tertiary/aromatic N) is 2. The molecule has 0 spiro atoms. The quantitative estimate of drug-likeness (QED) is 0.767. The highest BCUT2D eigenvalue weighted by molar-refractivity contribution is 5.97. The Labute approximate surface area is 114 Å². The van der Waals surface area contributed by atoms with Gasteiger partial charge in [0.1, 0.15) is 5.84 Å². The standard InChI is InChI=1S/C16H19N3/c1-9-6-13-7-15-14(10(2)17-12(4)18-15)8-16(13)19(5)11(9)3/h7-9H,2-3,6H2,1,4-5H3,(H,17,18). The van der Waals surface area contributed by atoms with Gasteiger partial charge in [-0.25, -0.2) is 4.99 Å². The van der Waals surface area contributed by atoms with Crippen LogP contribution in [0.25, 0.3) is 5.70 Å². The number of amidine groups is 1. The molecule has 1 unspecified atom stereocenters. The van der Waals surface area contributed by atoms with Gasteiger partial charge in [-0.1, -0.05) is 20.1 Å². The lowest BCUT2D eigenvalue weighted by Crippen LogP contribution is -2.29. The third-order valence-corrected chi connectivity index (χ3v) is 4.03. The Morgan fingerprint density at radius 2 is 2.11 bits per heavy atom. The van der Waals surface area contributed by atoms with Gasteiger partial charge in [-0.2, -0.15) is 0 Å². The average Bonchev–Trinajstić information content (AvgIpc) is 2.34. The Bertz CT molecular complexity index is 625. The molecule has 2 aliphatic heterocycles. The summed E-state index contributed by atoms with van der Waals surface area (Å²) in [6, 6.07) is 4.37. The third kappa shape index (κ3) is 1.77. The Kier molecular flexibility index (Phi) is 2.52. The van der Waals surface area contributed by atoms with E-state index < -0.39 is 0 Å². The molecule has 0 fully saturated rings. The number of hydrogen-bond donors (Lipinski definition) is 1. The van der Waals surface area contributed by atoms with Crippen LogP contribution in [0.2, 0.25) is 0 Å². The number of hydrogen-bond acceptors (Lipinski definition) is 3. The summed E-state index contributed by atoms with van der Waals surface area (Å²) in [5.41, 5.74) is 6.75. The molecular weight excluding hydrogens is 234 g/mol. The summed E-state index contributed by atoms with van der Waals surface area (Å²) in [6.07, 6.45) is 1.03. The summed E-state index contributed by atoms with van der Waals surface area (Å²) < 4.78 is 0. The Morgan fingerprint density at radius 3 is 2.84 bits per heavy atom. The van der Waals surface area contributed by atoms with Crippen molar-refractivity contribution in [3.8, 4) is 0 Å². The van der Waals surface area contributed by atoms with Crippen LogP contribution >= 0.6 is 0 Å². The molecule has 3 nitrogen and oxygen atoms in total. The van der Waals surface area contributed by atoms with E-state index in [2.05, 4.69) is 54.5 Å². The molecule has 0 aliphatic carbocycles. The zero-order valence-electron chi connectivity index (χ0n) is 11.7. The van der Waals surface area contributed by atoms with Gasteiger partial charge in [-0.3, -0.25) is 0 Å². The van der Waals surface area contributed by atoms with Crippen molar-refractivity contribution in [2.75, 3.05) is 11.9 Å². The van der Waals surface area contributed by atoms with E-state index in [-0.39, 0.29) is 0 Å². The molecule has 3 heteroatoms. The lowest BCUT2D eigenvalue weighted by atomic mass is 9.89. The van der Waals surface area contributed by atoms with Crippen molar-refractivity contribution in [2.24, 2.45) is 10.9 Å². The van der Waals surface area contributed by atoms with Crippen molar-refractivity contribution in [3.05, 3.63) is 42.1 Å². The molecule has 0 saturated carbocycles. The van der Waals surface area contributed by atoms with Crippen molar-refractivity contribution >= 4 is 22.9 Å². The molecule has 1 aromatic rings. The van der Waals surface area contributed by atoms with Crippen LogP contribution in [0.3, 0.4) is 0 Å². The molecule has 0 radical (unpaired) electrons. The first-order valence-corrected chi connectivity index (χ1v) is 6.58. The molecule has 3 rings (SSSR count). The molecule has 0 bridgehead atoms. The van der Waals surface area contributed by atoms with Crippen molar-refractivity contribution in [2.45, 2.75) is 20.3 Å². The lowest BCUT2D eigenvalue weighted by Gasteiger charge is -2.35. The van der Waals surface area contributed by atoms with Crippen LogP contribution in [0.15, 0.2) is 36.0 Å². The smallest absolute Gasteiger partial charge is 0.103 e.